The molecule has 2 N–H and O–H groups in total. The standard InChI is InChI=1S/C10H10ClN5OS/c1-18-10-14-4-7(11)8(16-10)9(17)13-3-6-2-12-5-15-6/h2,4-5H,3H2,1H3,(H,12,15)(H,13,17). The molecular weight excluding hydrogens is 274 g/mol. The Kier molecular flexibility index (Phi) is 4.16. The molecule has 0 saturated carbocycles. The zero-order valence-corrected chi connectivity index (χ0v) is 11.0. The first-order valence-electron chi connectivity index (χ1n) is 5.02. The van der Waals surface area contributed by atoms with Crippen molar-refractivity contribution in [1.29, 1.82) is 0 Å². The van der Waals surface area contributed by atoms with Crippen LogP contribution in [0, 0.1) is 0 Å². The molecule has 2 rings (SSSR count). The molecule has 0 unspecified atom stereocenters. The molecule has 0 atom stereocenters. The lowest BCUT2D eigenvalue weighted by Crippen LogP contribution is -2.24. The lowest BCUT2D eigenvalue weighted by molar-refractivity contribution is 0.0944. The molecule has 2 heterocycles. The van der Waals surface area contributed by atoms with E-state index in [1.807, 2.05) is 6.26 Å². The van der Waals surface area contributed by atoms with E-state index >= 15 is 0 Å². The quantitative estimate of drug-likeness (QED) is 0.656. The summed E-state index contributed by atoms with van der Waals surface area (Å²) >= 11 is 7.24. The Morgan fingerprint density at radius 1 is 1.56 bits per heavy atom. The first kappa shape index (κ1) is 12.8. The molecule has 18 heavy (non-hydrogen) atoms. The van der Waals surface area contributed by atoms with Crippen LogP contribution in [0.3, 0.4) is 0 Å². The summed E-state index contributed by atoms with van der Waals surface area (Å²) in [6.07, 6.45) is 6.43. The molecule has 0 radical (unpaired) electrons. The van der Waals surface area contributed by atoms with Crippen molar-refractivity contribution < 1.29 is 4.79 Å². The highest BCUT2D eigenvalue weighted by molar-refractivity contribution is 7.98. The topological polar surface area (TPSA) is 83.6 Å². The summed E-state index contributed by atoms with van der Waals surface area (Å²) in [5.74, 6) is -0.340. The highest BCUT2D eigenvalue weighted by atomic mass is 35.5. The molecule has 0 saturated heterocycles. The van der Waals surface area contributed by atoms with Gasteiger partial charge in [0.2, 0.25) is 0 Å². The molecule has 0 bridgehead atoms. The number of thioether (sulfide) groups is 1. The maximum Gasteiger partial charge on any atom is 0.271 e. The number of nitrogens with zero attached hydrogens (tertiary/aromatic N) is 3. The minimum atomic E-state index is -0.340. The number of nitrogens with one attached hydrogen (secondary N) is 2. The van der Waals surface area contributed by atoms with E-state index in [1.54, 1.807) is 12.5 Å². The third-order valence-electron chi connectivity index (χ3n) is 2.11. The van der Waals surface area contributed by atoms with Crippen molar-refractivity contribution in [2.75, 3.05) is 6.26 Å². The number of rotatable bonds is 4. The van der Waals surface area contributed by atoms with E-state index < -0.39 is 0 Å². The molecule has 0 aromatic carbocycles. The maximum atomic E-state index is 11.9. The minimum Gasteiger partial charge on any atom is -0.347 e. The van der Waals surface area contributed by atoms with Crippen LogP contribution in [0.4, 0.5) is 0 Å². The Labute approximate surface area is 113 Å². The molecule has 94 valence electrons. The van der Waals surface area contributed by atoms with Crippen LogP contribution >= 0.6 is 23.4 Å². The number of H-pyrrole nitrogens is 1. The van der Waals surface area contributed by atoms with E-state index in [-0.39, 0.29) is 16.6 Å². The molecule has 0 aliphatic rings. The first-order valence-corrected chi connectivity index (χ1v) is 6.63. The van der Waals surface area contributed by atoms with E-state index in [1.165, 1.54) is 18.0 Å². The molecule has 0 aliphatic heterocycles. The van der Waals surface area contributed by atoms with E-state index in [4.69, 9.17) is 11.6 Å². The van der Waals surface area contributed by atoms with Crippen LogP contribution in [-0.2, 0) is 6.54 Å². The number of carbonyl (C=O) groups excluding carboxylic acids is 1. The van der Waals surface area contributed by atoms with Gasteiger partial charge in [0, 0.05) is 6.20 Å². The van der Waals surface area contributed by atoms with Crippen LogP contribution < -0.4 is 5.32 Å². The van der Waals surface area contributed by atoms with Gasteiger partial charge in [-0.3, -0.25) is 4.79 Å². The lowest BCUT2D eigenvalue weighted by Gasteiger charge is -2.05. The number of imidazole rings is 1. The number of carbonyl (C=O) groups is 1. The molecule has 0 aliphatic carbocycles. The van der Waals surface area contributed by atoms with Crippen LogP contribution in [0.25, 0.3) is 0 Å². The van der Waals surface area contributed by atoms with Gasteiger partial charge in [0.25, 0.3) is 5.91 Å². The zero-order valence-electron chi connectivity index (χ0n) is 9.48. The normalized spacial score (nSPS) is 10.3. The van der Waals surface area contributed by atoms with Gasteiger partial charge < -0.3 is 10.3 Å². The van der Waals surface area contributed by atoms with Crippen molar-refractivity contribution in [3.05, 3.63) is 35.1 Å². The van der Waals surface area contributed by atoms with Gasteiger partial charge in [-0.25, -0.2) is 15.0 Å². The average Bonchev–Trinajstić information content (AvgIpc) is 2.89. The highest BCUT2D eigenvalue weighted by Crippen LogP contribution is 2.16. The first-order chi connectivity index (χ1) is 8.70. The molecule has 0 fully saturated rings. The molecular formula is C10H10ClN5OS. The fraction of sp³-hybridized carbons (Fsp3) is 0.200. The molecule has 1 amide bonds. The third-order valence-corrected chi connectivity index (χ3v) is 2.95. The summed E-state index contributed by atoms with van der Waals surface area (Å²) in [6, 6.07) is 0. The number of hydrogen-bond donors (Lipinski definition) is 2. The number of amides is 1. The van der Waals surface area contributed by atoms with Gasteiger partial charge in [-0.05, 0) is 6.26 Å². The van der Waals surface area contributed by atoms with Gasteiger partial charge in [-0.1, -0.05) is 23.4 Å². The Morgan fingerprint density at radius 3 is 3.06 bits per heavy atom. The second kappa shape index (κ2) is 5.83. The summed E-state index contributed by atoms with van der Waals surface area (Å²) in [4.78, 5) is 26.7. The number of halogens is 1. The largest absolute Gasteiger partial charge is 0.347 e. The van der Waals surface area contributed by atoms with Crippen molar-refractivity contribution in [3.8, 4) is 0 Å². The maximum absolute atomic E-state index is 11.9. The molecule has 6 nitrogen and oxygen atoms in total. The van der Waals surface area contributed by atoms with Crippen LogP contribution in [-0.4, -0.2) is 32.1 Å². The molecule has 2 aromatic heterocycles. The lowest BCUT2D eigenvalue weighted by atomic mass is 10.3. The van der Waals surface area contributed by atoms with Crippen molar-refractivity contribution in [3.63, 3.8) is 0 Å². The second-order valence-electron chi connectivity index (χ2n) is 3.31. The number of aromatic amines is 1. The highest BCUT2D eigenvalue weighted by Gasteiger charge is 2.13. The monoisotopic (exact) mass is 283 g/mol. The average molecular weight is 284 g/mol. The smallest absolute Gasteiger partial charge is 0.271 e. The zero-order chi connectivity index (χ0) is 13.0. The van der Waals surface area contributed by atoms with E-state index in [0.717, 1.165) is 5.69 Å². The summed E-state index contributed by atoms with van der Waals surface area (Å²) < 4.78 is 0. The minimum absolute atomic E-state index is 0.176. The van der Waals surface area contributed by atoms with Gasteiger partial charge >= 0.3 is 0 Å². The predicted molar refractivity (Wildman–Crippen MR) is 68.6 cm³/mol. The second-order valence-corrected chi connectivity index (χ2v) is 4.49. The van der Waals surface area contributed by atoms with Crippen molar-refractivity contribution in [2.45, 2.75) is 11.7 Å². The summed E-state index contributed by atoms with van der Waals surface area (Å²) in [6.45, 7) is 0.341. The molecule has 0 spiro atoms. The Hall–Kier alpha value is -1.60. The van der Waals surface area contributed by atoms with E-state index in [9.17, 15) is 4.79 Å². The summed E-state index contributed by atoms with van der Waals surface area (Å²) in [5, 5.41) is 3.44. The molecule has 2 aromatic rings. The third kappa shape index (κ3) is 2.99. The SMILES string of the molecule is CSc1ncc(Cl)c(C(=O)NCc2cnc[nH]2)n1. The van der Waals surface area contributed by atoms with Gasteiger partial charge in [-0.15, -0.1) is 0 Å². The van der Waals surface area contributed by atoms with E-state index in [0.29, 0.717) is 11.7 Å². The van der Waals surface area contributed by atoms with Crippen LogP contribution in [0.1, 0.15) is 16.2 Å². The van der Waals surface area contributed by atoms with Crippen LogP contribution in [0.5, 0.6) is 0 Å². The van der Waals surface area contributed by atoms with Gasteiger partial charge in [0.15, 0.2) is 10.9 Å². The van der Waals surface area contributed by atoms with Gasteiger partial charge in [0.05, 0.1) is 29.8 Å². The van der Waals surface area contributed by atoms with Gasteiger partial charge in [0.1, 0.15) is 0 Å². The van der Waals surface area contributed by atoms with Crippen molar-refractivity contribution in [1.82, 2.24) is 25.3 Å². The summed E-state index contributed by atoms with van der Waals surface area (Å²) in [7, 11) is 0. The van der Waals surface area contributed by atoms with Crippen molar-refractivity contribution >= 4 is 29.3 Å². The van der Waals surface area contributed by atoms with Gasteiger partial charge in [-0.2, -0.15) is 0 Å². The van der Waals surface area contributed by atoms with Crippen LogP contribution in [0.2, 0.25) is 5.02 Å². The number of hydrogen-bond acceptors (Lipinski definition) is 5. The Bertz CT molecular complexity index is 545. The fourth-order valence-electron chi connectivity index (χ4n) is 1.25. The predicted octanol–water partition coefficient (Wildman–Crippen LogP) is 1.50. The van der Waals surface area contributed by atoms with Crippen LogP contribution in [0.15, 0.2) is 23.9 Å². The Morgan fingerprint density at radius 2 is 2.39 bits per heavy atom. The number of aromatic nitrogens is 4. The van der Waals surface area contributed by atoms with E-state index in [2.05, 4.69) is 25.3 Å². The summed E-state index contributed by atoms with van der Waals surface area (Å²) in [5.41, 5.74) is 0.981. The van der Waals surface area contributed by atoms with Crippen molar-refractivity contribution in [2.24, 2.45) is 0 Å². The fourth-order valence-corrected chi connectivity index (χ4v) is 1.77. The Balaban J connectivity index is 2.08. The molecule has 8 heteroatoms.